The average Bonchev–Trinajstić information content (AvgIpc) is 2.77. The van der Waals surface area contributed by atoms with Gasteiger partial charge in [-0.2, -0.15) is 0 Å². The number of piperazine rings is 1. The van der Waals surface area contributed by atoms with E-state index < -0.39 is 0 Å². The Labute approximate surface area is 170 Å². The van der Waals surface area contributed by atoms with E-state index in [9.17, 15) is 9.59 Å². The van der Waals surface area contributed by atoms with Crippen molar-refractivity contribution in [3.8, 4) is 17.2 Å². The summed E-state index contributed by atoms with van der Waals surface area (Å²) in [5.74, 6) is 1.18. The van der Waals surface area contributed by atoms with Crippen LogP contribution >= 0.6 is 0 Å². The molecule has 7 nitrogen and oxygen atoms in total. The molecule has 2 aromatic carbocycles. The lowest BCUT2D eigenvalue weighted by atomic mass is 10.1. The van der Waals surface area contributed by atoms with Crippen LogP contribution in [0.25, 0.3) is 0 Å². The van der Waals surface area contributed by atoms with Crippen molar-refractivity contribution >= 4 is 11.8 Å². The first-order chi connectivity index (χ1) is 14.0. The standard InChI is InChI=1S/C22H26N2O5/c1-15-7-5-6-8-17(15)22(26)24-11-9-23(10-12-24)21(25)16-13-18(27-2)20(29-4)19(14-16)28-3/h5-8,13-14H,9-12H2,1-4H3. The van der Waals surface area contributed by atoms with E-state index in [1.807, 2.05) is 31.2 Å². The molecule has 1 aliphatic heterocycles. The second-order valence-corrected chi connectivity index (χ2v) is 6.81. The summed E-state index contributed by atoms with van der Waals surface area (Å²) in [4.78, 5) is 29.3. The van der Waals surface area contributed by atoms with Crippen LogP contribution in [-0.4, -0.2) is 69.1 Å². The van der Waals surface area contributed by atoms with Crippen LogP contribution < -0.4 is 14.2 Å². The molecule has 0 unspecified atom stereocenters. The quantitative estimate of drug-likeness (QED) is 0.775. The van der Waals surface area contributed by atoms with Gasteiger partial charge in [0.15, 0.2) is 11.5 Å². The molecule has 29 heavy (non-hydrogen) atoms. The summed E-state index contributed by atoms with van der Waals surface area (Å²) in [6.45, 7) is 3.84. The number of rotatable bonds is 5. The van der Waals surface area contributed by atoms with Gasteiger partial charge in [-0.15, -0.1) is 0 Å². The molecule has 1 aliphatic rings. The maximum atomic E-state index is 13.0. The molecule has 1 fully saturated rings. The van der Waals surface area contributed by atoms with Crippen LogP contribution in [-0.2, 0) is 0 Å². The van der Waals surface area contributed by atoms with Crippen LogP contribution in [0.3, 0.4) is 0 Å². The highest BCUT2D eigenvalue weighted by Gasteiger charge is 2.27. The molecule has 7 heteroatoms. The first-order valence-corrected chi connectivity index (χ1v) is 9.44. The summed E-state index contributed by atoms with van der Waals surface area (Å²) in [7, 11) is 4.55. The van der Waals surface area contributed by atoms with Gasteiger partial charge in [0.25, 0.3) is 11.8 Å². The number of hydrogen-bond donors (Lipinski definition) is 0. The first kappa shape index (κ1) is 20.5. The van der Waals surface area contributed by atoms with E-state index in [1.54, 1.807) is 21.9 Å². The van der Waals surface area contributed by atoms with E-state index in [-0.39, 0.29) is 11.8 Å². The lowest BCUT2D eigenvalue weighted by Crippen LogP contribution is -2.50. The molecule has 3 rings (SSSR count). The van der Waals surface area contributed by atoms with Crippen molar-refractivity contribution in [3.63, 3.8) is 0 Å². The van der Waals surface area contributed by atoms with Gasteiger partial charge in [-0.1, -0.05) is 18.2 Å². The van der Waals surface area contributed by atoms with Gasteiger partial charge in [-0.3, -0.25) is 9.59 Å². The lowest BCUT2D eigenvalue weighted by Gasteiger charge is -2.35. The summed E-state index contributed by atoms with van der Waals surface area (Å²) < 4.78 is 16.0. The Morgan fingerprint density at radius 2 is 1.31 bits per heavy atom. The van der Waals surface area contributed by atoms with Crippen LogP contribution in [0.5, 0.6) is 17.2 Å². The molecule has 0 spiro atoms. The largest absolute Gasteiger partial charge is 0.493 e. The van der Waals surface area contributed by atoms with Gasteiger partial charge in [0, 0.05) is 37.3 Å². The Morgan fingerprint density at radius 1 is 0.793 bits per heavy atom. The van der Waals surface area contributed by atoms with Crippen molar-refractivity contribution in [1.29, 1.82) is 0 Å². The molecule has 0 radical (unpaired) electrons. The zero-order valence-corrected chi connectivity index (χ0v) is 17.2. The van der Waals surface area contributed by atoms with Crippen LogP contribution in [0.1, 0.15) is 26.3 Å². The molecule has 0 atom stereocenters. The number of hydrogen-bond acceptors (Lipinski definition) is 5. The maximum absolute atomic E-state index is 13.0. The molecular formula is C22H26N2O5. The summed E-state index contributed by atoms with van der Waals surface area (Å²) >= 11 is 0. The fourth-order valence-corrected chi connectivity index (χ4v) is 3.48. The average molecular weight is 398 g/mol. The minimum atomic E-state index is -0.132. The van der Waals surface area contributed by atoms with Crippen molar-refractivity contribution in [2.24, 2.45) is 0 Å². The molecular weight excluding hydrogens is 372 g/mol. The number of carbonyl (C=O) groups excluding carboxylic acids is 2. The highest BCUT2D eigenvalue weighted by atomic mass is 16.5. The molecule has 1 heterocycles. The second-order valence-electron chi connectivity index (χ2n) is 6.81. The van der Waals surface area contributed by atoms with Gasteiger partial charge in [0.1, 0.15) is 0 Å². The fraction of sp³-hybridized carbons (Fsp3) is 0.364. The van der Waals surface area contributed by atoms with E-state index in [0.717, 1.165) is 5.56 Å². The number of aryl methyl sites for hydroxylation is 1. The monoisotopic (exact) mass is 398 g/mol. The minimum Gasteiger partial charge on any atom is -0.493 e. The molecule has 1 saturated heterocycles. The van der Waals surface area contributed by atoms with Crippen molar-refractivity contribution in [2.75, 3.05) is 47.5 Å². The predicted octanol–water partition coefficient (Wildman–Crippen LogP) is 2.62. The first-order valence-electron chi connectivity index (χ1n) is 9.44. The maximum Gasteiger partial charge on any atom is 0.254 e. The predicted molar refractivity (Wildman–Crippen MR) is 109 cm³/mol. The number of ether oxygens (including phenoxy) is 3. The van der Waals surface area contributed by atoms with E-state index in [2.05, 4.69) is 0 Å². The summed E-state index contributed by atoms with van der Waals surface area (Å²) in [6.07, 6.45) is 0. The Kier molecular flexibility index (Phi) is 6.26. The van der Waals surface area contributed by atoms with E-state index >= 15 is 0 Å². The third-order valence-electron chi connectivity index (χ3n) is 5.14. The molecule has 0 aromatic heterocycles. The van der Waals surface area contributed by atoms with Gasteiger partial charge in [0.05, 0.1) is 21.3 Å². The van der Waals surface area contributed by atoms with Crippen LogP contribution in [0.4, 0.5) is 0 Å². The molecule has 2 aromatic rings. The molecule has 154 valence electrons. The van der Waals surface area contributed by atoms with Gasteiger partial charge in [0.2, 0.25) is 5.75 Å². The van der Waals surface area contributed by atoms with Crippen LogP contribution in [0, 0.1) is 6.92 Å². The summed E-state index contributed by atoms with van der Waals surface area (Å²) in [6, 6.07) is 10.8. The highest BCUT2D eigenvalue weighted by molar-refractivity contribution is 5.97. The summed E-state index contributed by atoms with van der Waals surface area (Å²) in [5.41, 5.74) is 2.11. The van der Waals surface area contributed by atoms with Gasteiger partial charge >= 0.3 is 0 Å². The highest BCUT2D eigenvalue weighted by Crippen LogP contribution is 2.38. The van der Waals surface area contributed by atoms with Crippen molar-refractivity contribution < 1.29 is 23.8 Å². The van der Waals surface area contributed by atoms with E-state index in [1.165, 1.54) is 21.3 Å². The van der Waals surface area contributed by atoms with Crippen molar-refractivity contribution in [1.82, 2.24) is 9.80 Å². The molecule has 0 aliphatic carbocycles. The summed E-state index contributed by atoms with van der Waals surface area (Å²) in [5, 5.41) is 0. The van der Waals surface area contributed by atoms with Crippen molar-refractivity contribution in [3.05, 3.63) is 53.1 Å². The van der Waals surface area contributed by atoms with Crippen LogP contribution in [0.2, 0.25) is 0 Å². The lowest BCUT2D eigenvalue weighted by molar-refractivity contribution is 0.0534. The van der Waals surface area contributed by atoms with E-state index in [4.69, 9.17) is 14.2 Å². The Morgan fingerprint density at radius 3 is 1.79 bits per heavy atom. The normalized spacial score (nSPS) is 13.8. The number of methoxy groups -OCH3 is 3. The fourth-order valence-electron chi connectivity index (χ4n) is 3.48. The number of nitrogens with zero attached hydrogens (tertiary/aromatic N) is 2. The molecule has 0 N–H and O–H groups in total. The zero-order valence-electron chi connectivity index (χ0n) is 17.2. The molecule has 0 bridgehead atoms. The Bertz CT molecular complexity index is 879. The SMILES string of the molecule is COc1cc(C(=O)N2CCN(C(=O)c3ccccc3C)CC2)cc(OC)c1OC. The molecule has 0 saturated carbocycles. The van der Waals surface area contributed by atoms with Gasteiger partial charge < -0.3 is 24.0 Å². The third-order valence-corrected chi connectivity index (χ3v) is 5.14. The Hall–Kier alpha value is -3.22. The number of amides is 2. The Balaban J connectivity index is 1.72. The number of carbonyl (C=O) groups is 2. The van der Waals surface area contributed by atoms with Gasteiger partial charge in [-0.05, 0) is 30.7 Å². The molecule has 2 amide bonds. The smallest absolute Gasteiger partial charge is 0.254 e. The van der Waals surface area contributed by atoms with E-state index in [0.29, 0.717) is 54.6 Å². The number of benzene rings is 2. The van der Waals surface area contributed by atoms with Crippen molar-refractivity contribution in [2.45, 2.75) is 6.92 Å². The van der Waals surface area contributed by atoms with Gasteiger partial charge in [-0.25, -0.2) is 0 Å². The zero-order chi connectivity index (χ0) is 21.0. The second kappa shape index (κ2) is 8.86. The minimum absolute atomic E-state index is 0.00276. The topological polar surface area (TPSA) is 68.3 Å². The third kappa shape index (κ3) is 4.13. The van der Waals surface area contributed by atoms with Crippen LogP contribution in [0.15, 0.2) is 36.4 Å².